The number of benzene rings is 1. The monoisotopic (exact) mass is 231 g/mol. The molecule has 0 fully saturated rings. The van der Waals surface area contributed by atoms with E-state index in [2.05, 4.69) is 0 Å². The Labute approximate surface area is 85.9 Å². The number of halogens is 1. The summed E-state index contributed by atoms with van der Waals surface area (Å²) in [5.74, 6) is -0.589. The maximum atomic E-state index is 11.4. The molecule has 1 aliphatic rings. The van der Waals surface area contributed by atoms with Crippen LogP contribution in [0.4, 0.5) is 0 Å². The van der Waals surface area contributed by atoms with Crippen LogP contribution < -0.4 is 4.72 Å². The fourth-order valence-corrected chi connectivity index (χ4v) is 3.04. The van der Waals surface area contributed by atoms with Crippen molar-refractivity contribution in [1.29, 1.82) is 0 Å². The minimum atomic E-state index is -3.68. The molecule has 6 heteroatoms. The number of carbonyl (C=O) groups is 1. The van der Waals surface area contributed by atoms with E-state index in [1.54, 1.807) is 13.0 Å². The lowest BCUT2D eigenvalue weighted by Gasteiger charge is -1.99. The smallest absolute Gasteiger partial charge is 0.266 e. The number of carbonyl (C=O) groups excluding carboxylic acids is 1. The zero-order chi connectivity index (χ0) is 10.5. The van der Waals surface area contributed by atoms with Crippen molar-refractivity contribution in [3.63, 3.8) is 0 Å². The lowest BCUT2D eigenvalue weighted by Crippen LogP contribution is -2.20. The molecular formula is C8H6ClNO3S. The molecule has 0 spiro atoms. The third-order valence-corrected chi connectivity index (χ3v) is 3.58. The fraction of sp³-hybridized carbons (Fsp3) is 0.125. The first-order valence-corrected chi connectivity index (χ1v) is 5.65. The van der Waals surface area contributed by atoms with Crippen LogP contribution in [0.1, 0.15) is 15.9 Å². The summed E-state index contributed by atoms with van der Waals surface area (Å²) in [6.07, 6.45) is 0. The summed E-state index contributed by atoms with van der Waals surface area (Å²) in [5, 5.41) is 0.307. The quantitative estimate of drug-likeness (QED) is 0.727. The molecule has 0 saturated carbocycles. The second-order valence-electron chi connectivity index (χ2n) is 3.03. The van der Waals surface area contributed by atoms with Crippen molar-refractivity contribution in [3.8, 4) is 0 Å². The molecule has 4 nitrogen and oxygen atoms in total. The lowest BCUT2D eigenvalue weighted by atomic mass is 10.1. The molecule has 1 heterocycles. The highest BCUT2D eigenvalue weighted by Gasteiger charge is 2.34. The molecule has 0 atom stereocenters. The minimum absolute atomic E-state index is 0.0347. The van der Waals surface area contributed by atoms with Gasteiger partial charge in [-0.25, -0.2) is 13.1 Å². The number of sulfonamides is 1. The summed E-state index contributed by atoms with van der Waals surface area (Å²) < 4.78 is 24.7. The van der Waals surface area contributed by atoms with Crippen LogP contribution in [0, 0.1) is 6.92 Å². The van der Waals surface area contributed by atoms with Gasteiger partial charge in [-0.2, -0.15) is 0 Å². The summed E-state index contributed by atoms with van der Waals surface area (Å²) in [5.41, 5.74) is 0.750. The molecule has 1 aromatic carbocycles. The molecule has 0 unspecified atom stereocenters. The van der Waals surface area contributed by atoms with Crippen LogP contribution in [-0.2, 0) is 10.0 Å². The maximum Gasteiger partial charge on any atom is 0.266 e. The number of hydrogen-bond acceptors (Lipinski definition) is 3. The van der Waals surface area contributed by atoms with Gasteiger partial charge in [-0.15, -0.1) is 0 Å². The second-order valence-corrected chi connectivity index (χ2v) is 5.12. The van der Waals surface area contributed by atoms with Gasteiger partial charge in [0.2, 0.25) is 0 Å². The molecule has 0 bridgehead atoms. The van der Waals surface area contributed by atoms with E-state index in [1.807, 2.05) is 4.72 Å². The Morgan fingerprint density at radius 1 is 1.36 bits per heavy atom. The van der Waals surface area contributed by atoms with Crippen LogP contribution in [-0.4, -0.2) is 14.3 Å². The molecule has 1 amide bonds. The first-order chi connectivity index (χ1) is 6.42. The number of fused-ring (bicyclic) bond motifs is 1. The van der Waals surface area contributed by atoms with E-state index in [1.165, 1.54) is 6.07 Å². The van der Waals surface area contributed by atoms with Crippen LogP contribution in [0.2, 0.25) is 5.02 Å². The topological polar surface area (TPSA) is 63.2 Å². The predicted octanol–water partition coefficient (Wildman–Crippen LogP) is 1.08. The van der Waals surface area contributed by atoms with Gasteiger partial charge < -0.3 is 0 Å². The molecule has 1 aliphatic heterocycles. The third kappa shape index (κ3) is 1.20. The Morgan fingerprint density at radius 3 is 2.64 bits per heavy atom. The van der Waals surface area contributed by atoms with Crippen molar-refractivity contribution in [3.05, 3.63) is 28.3 Å². The molecule has 0 aliphatic carbocycles. The van der Waals surface area contributed by atoms with Crippen molar-refractivity contribution in [2.45, 2.75) is 11.8 Å². The number of amides is 1. The minimum Gasteiger partial charge on any atom is -0.268 e. The molecule has 0 radical (unpaired) electrons. The lowest BCUT2D eigenvalue weighted by molar-refractivity contribution is 0.0984. The molecular weight excluding hydrogens is 226 g/mol. The largest absolute Gasteiger partial charge is 0.268 e. The second kappa shape index (κ2) is 2.71. The Hall–Kier alpha value is -1.07. The Balaban J connectivity index is 2.89. The van der Waals surface area contributed by atoms with Crippen LogP contribution in [0.15, 0.2) is 17.0 Å². The number of hydrogen-bond donors (Lipinski definition) is 1. The van der Waals surface area contributed by atoms with E-state index >= 15 is 0 Å². The van der Waals surface area contributed by atoms with E-state index in [9.17, 15) is 13.2 Å². The zero-order valence-electron chi connectivity index (χ0n) is 7.17. The SMILES string of the molecule is Cc1cc(Cl)cc2c1C(=O)NS2(=O)=O. The van der Waals surface area contributed by atoms with Crippen molar-refractivity contribution in [2.24, 2.45) is 0 Å². The normalized spacial score (nSPS) is 17.7. The Kier molecular flexibility index (Phi) is 1.84. The summed E-state index contributed by atoms with van der Waals surface area (Å²) in [7, 11) is -3.68. The first-order valence-electron chi connectivity index (χ1n) is 3.79. The van der Waals surface area contributed by atoms with Crippen molar-refractivity contribution >= 4 is 27.5 Å². The van der Waals surface area contributed by atoms with E-state index in [0.29, 0.717) is 10.6 Å². The van der Waals surface area contributed by atoms with Gasteiger partial charge in [-0.3, -0.25) is 4.79 Å². The van der Waals surface area contributed by atoms with E-state index in [4.69, 9.17) is 11.6 Å². The molecule has 0 aromatic heterocycles. The fourth-order valence-electron chi connectivity index (χ4n) is 1.44. The van der Waals surface area contributed by atoms with Crippen LogP contribution in [0.5, 0.6) is 0 Å². The van der Waals surface area contributed by atoms with Gasteiger partial charge in [0.1, 0.15) is 4.90 Å². The van der Waals surface area contributed by atoms with Crippen molar-refractivity contribution in [2.75, 3.05) is 0 Å². The average molecular weight is 232 g/mol. The highest BCUT2D eigenvalue weighted by atomic mass is 35.5. The highest BCUT2D eigenvalue weighted by molar-refractivity contribution is 7.90. The number of rotatable bonds is 0. The standard InChI is InChI=1S/C8H6ClNO3S/c1-4-2-5(9)3-6-7(4)8(11)10-14(6,12)13/h2-3H,1H3,(H,10,11). The van der Waals surface area contributed by atoms with Gasteiger partial charge in [0.25, 0.3) is 15.9 Å². The summed E-state index contributed by atoms with van der Waals surface area (Å²) in [6.45, 7) is 1.64. The summed E-state index contributed by atoms with van der Waals surface area (Å²) >= 11 is 5.70. The van der Waals surface area contributed by atoms with Gasteiger partial charge in [0.05, 0.1) is 5.56 Å². The molecule has 1 aromatic rings. The van der Waals surface area contributed by atoms with Crippen LogP contribution >= 0.6 is 11.6 Å². The summed E-state index contributed by atoms with van der Waals surface area (Å²) in [4.78, 5) is 11.2. The highest BCUT2D eigenvalue weighted by Crippen LogP contribution is 2.28. The number of aryl methyl sites for hydroxylation is 1. The maximum absolute atomic E-state index is 11.4. The predicted molar refractivity (Wildman–Crippen MR) is 50.8 cm³/mol. The van der Waals surface area contributed by atoms with E-state index < -0.39 is 15.9 Å². The van der Waals surface area contributed by atoms with Gasteiger partial charge in [-0.05, 0) is 24.6 Å². The van der Waals surface area contributed by atoms with Gasteiger partial charge in [0.15, 0.2) is 0 Å². The molecule has 14 heavy (non-hydrogen) atoms. The number of nitrogens with one attached hydrogen (secondary N) is 1. The molecule has 2 rings (SSSR count). The van der Waals surface area contributed by atoms with Gasteiger partial charge in [0, 0.05) is 5.02 Å². The Morgan fingerprint density at radius 2 is 2.00 bits per heavy atom. The molecule has 1 N–H and O–H groups in total. The van der Waals surface area contributed by atoms with Crippen molar-refractivity contribution in [1.82, 2.24) is 4.72 Å². The van der Waals surface area contributed by atoms with Gasteiger partial charge in [-0.1, -0.05) is 11.6 Å². The molecule has 0 saturated heterocycles. The third-order valence-electron chi connectivity index (χ3n) is 2.01. The van der Waals surface area contributed by atoms with Crippen molar-refractivity contribution < 1.29 is 13.2 Å². The van der Waals surface area contributed by atoms with E-state index in [0.717, 1.165) is 0 Å². The van der Waals surface area contributed by atoms with Crippen LogP contribution in [0.25, 0.3) is 0 Å². The Bertz CT molecular complexity index is 536. The zero-order valence-corrected chi connectivity index (χ0v) is 8.74. The van der Waals surface area contributed by atoms with Crippen LogP contribution in [0.3, 0.4) is 0 Å². The summed E-state index contributed by atoms with van der Waals surface area (Å²) in [6, 6.07) is 2.83. The average Bonchev–Trinajstić information content (AvgIpc) is 2.21. The van der Waals surface area contributed by atoms with Gasteiger partial charge >= 0.3 is 0 Å². The molecule has 74 valence electrons. The first kappa shape index (κ1) is 9.48. The van der Waals surface area contributed by atoms with E-state index in [-0.39, 0.29) is 10.5 Å².